The fraction of sp³-hybridized carbons (Fsp3) is 0.531. The number of nitrogens with one attached hydrogen (secondary N) is 2. The Balaban J connectivity index is 2.58. The second-order valence-electron chi connectivity index (χ2n) is 11.7. The van der Waals surface area contributed by atoms with Crippen molar-refractivity contribution < 1.29 is 19.1 Å². The molecule has 3 atom stereocenters. The van der Waals surface area contributed by atoms with Crippen LogP contribution in [0.4, 0.5) is 10.5 Å². The third kappa shape index (κ3) is 9.88. The number of rotatable bonds is 12. The van der Waals surface area contributed by atoms with Crippen molar-refractivity contribution in [3.8, 4) is 0 Å². The van der Waals surface area contributed by atoms with Crippen molar-refractivity contribution in [1.29, 1.82) is 0 Å². The van der Waals surface area contributed by atoms with E-state index in [-0.39, 0.29) is 23.6 Å². The zero-order valence-electron chi connectivity index (χ0n) is 25.3. The van der Waals surface area contributed by atoms with E-state index in [1.807, 2.05) is 62.4 Å². The fourth-order valence-corrected chi connectivity index (χ4v) is 4.66. The lowest BCUT2D eigenvalue weighted by Gasteiger charge is -2.38. The van der Waals surface area contributed by atoms with Gasteiger partial charge in [-0.05, 0) is 82.6 Å². The van der Waals surface area contributed by atoms with Gasteiger partial charge in [0.1, 0.15) is 17.7 Å². The highest BCUT2D eigenvalue weighted by Crippen LogP contribution is 2.29. The van der Waals surface area contributed by atoms with Crippen LogP contribution in [0.3, 0.4) is 0 Å². The minimum absolute atomic E-state index is 0.0480. The number of alkyl carbamates (subject to hydrolysis) is 1. The molecule has 220 valence electrons. The van der Waals surface area contributed by atoms with Gasteiger partial charge in [0, 0.05) is 17.5 Å². The summed E-state index contributed by atoms with van der Waals surface area (Å²) in [7, 11) is 0. The summed E-state index contributed by atoms with van der Waals surface area (Å²) in [6.07, 6.45) is 1.71. The molecule has 8 heteroatoms. The lowest BCUT2D eigenvalue weighted by Crippen LogP contribution is -2.55. The Morgan fingerprint density at radius 3 is 2.12 bits per heavy atom. The molecule has 2 N–H and O–H groups in total. The summed E-state index contributed by atoms with van der Waals surface area (Å²) in [5, 5.41) is 5.74. The number of carbonyl (C=O) groups excluding carboxylic acids is 3. The molecule has 0 aliphatic carbocycles. The monoisotopic (exact) mass is 569 g/mol. The first-order valence-corrected chi connectivity index (χ1v) is 14.8. The number of thiol groups is 1. The van der Waals surface area contributed by atoms with Crippen LogP contribution < -0.4 is 10.6 Å². The molecule has 0 aromatic heterocycles. The van der Waals surface area contributed by atoms with Gasteiger partial charge < -0.3 is 20.3 Å². The van der Waals surface area contributed by atoms with E-state index in [2.05, 4.69) is 44.0 Å². The van der Waals surface area contributed by atoms with Crippen LogP contribution in [0.2, 0.25) is 0 Å². The number of hydrogen-bond donors (Lipinski definition) is 3. The van der Waals surface area contributed by atoms with E-state index in [1.54, 1.807) is 25.7 Å². The number of para-hydroxylation sites is 1. The van der Waals surface area contributed by atoms with Crippen LogP contribution in [0.25, 0.3) is 0 Å². The molecule has 0 saturated carbocycles. The van der Waals surface area contributed by atoms with Gasteiger partial charge in [-0.25, -0.2) is 4.79 Å². The summed E-state index contributed by atoms with van der Waals surface area (Å²) >= 11 is 4.40. The van der Waals surface area contributed by atoms with E-state index in [1.165, 1.54) is 0 Å². The lowest BCUT2D eigenvalue weighted by molar-refractivity contribution is -0.143. The summed E-state index contributed by atoms with van der Waals surface area (Å²) < 4.78 is 5.42. The molecule has 0 saturated heterocycles. The van der Waals surface area contributed by atoms with Crippen LogP contribution in [-0.4, -0.2) is 46.2 Å². The molecule has 0 heterocycles. The van der Waals surface area contributed by atoms with Gasteiger partial charge in [-0.1, -0.05) is 63.2 Å². The van der Waals surface area contributed by atoms with Crippen LogP contribution in [0.15, 0.2) is 48.5 Å². The molecule has 0 aliphatic rings. The van der Waals surface area contributed by atoms with Crippen molar-refractivity contribution >= 4 is 36.2 Å². The predicted molar refractivity (Wildman–Crippen MR) is 166 cm³/mol. The summed E-state index contributed by atoms with van der Waals surface area (Å²) in [5.74, 6) is -0.241. The van der Waals surface area contributed by atoms with E-state index in [0.717, 1.165) is 24.0 Å². The second kappa shape index (κ2) is 15.1. The Labute approximate surface area is 245 Å². The first kappa shape index (κ1) is 33.2. The predicted octanol–water partition coefficient (Wildman–Crippen LogP) is 6.71. The van der Waals surface area contributed by atoms with E-state index >= 15 is 0 Å². The lowest BCUT2D eigenvalue weighted by atomic mass is 9.96. The highest BCUT2D eigenvalue weighted by molar-refractivity contribution is 7.80. The Hall–Kier alpha value is -3.00. The molecule has 3 amide bonds. The number of nitrogens with zero attached hydrogens (tertiary/aromatic N) is 1. The molecule has 0 aliphatic heterocycles. The Kier molecular flexibility index (Phi) is 12.6. The Morgan fingerprint density at radius 2 is 1.60 bits per heavy atom. The summed E-state index contributed by atoms with van der Waals surface area (Å²) in [5.41, 5.74) is 2.70. The van der Waals surface area contributed by atoms with Crippen molar-refractivity contribution in [2.24, 2.45) is 5.92 Å². The number of hydrogen-bond acceptors (Lipinski definition) is 5. The average molecular weight is 570 g/mol. The number of aryl methyl sites for hydroxylation is 2. The molecule has 40 heavy (non-hydrogen) atoms. The van der Waals surface area contributed by atoms with Gasteiger partial charge in [0.2, 0.25) is 5.91 Å². The zero-order chi connectivity index (χ0) is 30.0. The van der Waals surface area contributed by atoms with Crippen molar-refractivity contribution in [3.63, 3.8) is 0 Å². The first-order valence-electron chi connectivity index (χ1n) is 14.1. The highest BCUT2D eigenvalue weighted by atomic mass is 32.1. The standard InChI is InChI=1S/C32H47N3O4S/c1-9-24-16-18-25(19-17-24)28(29(36)33-26-13-11-10-12-22(26)4)35(23(5)15-14-21(2)3)30(37)27(20-40)34-31(38)39-32(6,7)8/h10-13,16-19,21,23,27-28,40H,9,14-15,20H2,1-8H3,(H,33,36)(H,34,38). The number of ether oxygens (including phenoxy) is 1. The molecule has 0 spiro atoms. The van der Waals surface area contributed by atoms with Gasteiger partial charge in [0.05, 0.1) is 0 Å². The molecule has 7 nitrogen and oxygen atoms in total. The molecule has 0 fully saturated rings. The maximum Gasteiger partial charge on any atom is 0.408 e. The topological polar surface area (TPSA) is 87.7 Å². The molecular formula is C32H47N3O4S. The molecule has 3 unspecified atom stereocenters. The van der Waals surface area contributed by atoms with Crippen molar-refractivity contribution in [2.45, 2.75) is 98.4 Å². The Bertz CT molecular complexity index is 1130. The van der Waals surface area contributed by atoms with E-state index in [9.17, 15) is 14.4 Å². The minimum atomic E-state index is -0.983. The van der Waals surface area contributed by atoms with Gasteiger partial charge in [-0.2, -0.15) is 12.6 Å². The van der Waals surface area contributed by atoms with Crippen LogP contribution in [0.5, 0.6) is 0 Å². The molecule has 2 aromatic carbocycles. The van der Waals surface area contributed by atoms with Crippen molar-refractivity contribution in [1.82, 2.24) is 10.2 Å². The van der Waals surface area contributed by atoms with E-state index < -0.39 is 23.8 Å². The largest absolute Gasteiger partial charge is 0.444 e. The molecule has 0 radical (unpaired) electrons. The van der Waals surface area contributed by atoms with E-state index in [0.29, 0.717) is 23.6 Å². The molecular weight excluding hydrogens is 522 g/mol. The third-order valence-corrected chi connectivity index (χ3v) is 7.06. The fourth-order valence-electron chi connectivity index (χ4n) is 4.42. The molecule has 2 rings (SSSR count). The van der Waals surface area contributed by atoms with Gasteiger partial charge in [-0.15, -0.1) is 0 Å². The van der Waals surface area contributed by atoms with Gasteiger partial charge in [-0.3, -0.25) is 9.59 Å². The quantitative estimate of drug-likeness (QED) is 0.248. The van der Waals surface area contributed by atoms with Crippen LogP contribution >= 0.6 is 12.6 Å². The highest BCUT2D eigenvalue weighted by Gasteiger charge is 2.38. The average Bonchev–Trinajstić information content (AvgIpc) is 2.88. The summed E-state index contributed by atoms with van der Waals surface area (Å²) in [6, 6.07) is 13.1. The zero-order valence-corrected chi connectivity index (χ0v) is 26.2. The number of anilines is 1. The first-order chi connectivity index (χ1) is 18.8. The van der Waals surface area contributed by atoms with Crippen LogP contribution in [0.1, 0.15) is 84.0 Å². The maximum absolute atomic E-state index is 14.3. The number of amides is 3. The van der Waals surface area contributed by atoms with E-state index in [4.69, 9.17) is 4.74 Å². The smallest absolute Gasteiger partial charge is 0.408 e. The molecule has 2 aromatic rings. The van der Waals surface area contributed by atoms with Crippen molar-refractivity contribution in [3.05, 3.63) is 65.2 Å². The Morgan fingerprint density at radius 1 is 0.975 bits per heavy atom. The summed E-state index contributed by atoms with van der Waals surface area (Å²) in [4.78, 5) is 42.6. The number of benzene rings is 2. The van der Waals surface area contributed by atoms with Crippen LogP contribution in [0, 0.1) is 12.8 Å². The van der Waals surface area contributed by atoms with Crippen LogP contribution in [-0.2, 0) is 20.7 Å². The minimum Gasteiger partial charge on any atom is -0.444 e. The SMILES string of the molecule is CCc1ccc(C(C(=O)Nc2ccccc2C)N(C(=O)C(CS)NC(=O)OC(C)(C)C)C(C)CCC(C)C)cc1. The maximum atomic E-state index is 14.3. The van der Waals surface area contributed by atoms with Gasteiger partial charge in [0.15, 0.2) is 0 Å². The second-order valence-corrected chi connectivity index (χ2v) is 12.1. The number of carbonyl (C=O) groups is 3. The van der Waals surface area contributed by atoms with Gasteiger partial charge in [0.25, 0.3) is 5.91 Å². The van der Waals surface area contributed by atoms with Gasteiger partial charge >= 0.3 is 6.09 Å². The third-order valence-electron chi connectivity index (χ3n) is 6.70. The summed E-state index contributed by atoms with van der Waals surface area (Å²) in [6.45, 7) is 15.5. The van der Waals surface area contributed by atoms with Crippen molar-refractivity contribution in [2.75, 3.05) is 11.1 Å². The molecule has 0 bridgehead atoms. The normalized spacial score (nSPS) is 13.8.